The molecule has 0 radical (unpaired) electrons. The standard InChI is InChI=1S/C16H20N4O2/c21-16-13-10(5-6-17-16)15(20-14(19-13)8-1-2-8)18-11-7-9-3-4-12(11)22-9/h8-9,11-12H,1-7H2,(H,17,21)(H,18,19,20)/t9-,11+,12+/m0/s1. The third-order valence-corrected chi connectivity index (χ3v) is 5.27. The van der Waals surface area contributed by atoms with Crippen LogP contribution in [-0.4, -0.2) is 40.7 Å². The van der Waals surface area contributed by atoms with Crippen molar-refractivity contribution >= 4 is 11.7 Å². The van der Waals surface area contributed by atoms with Gasteiger partial charge in [0.05, 0.1) is 18.2 Å². The molecule has 1 aromatic rings. The molecule has 1 aromatic heterocycles. The van der Waals surface area contributed by atoms with Crippen LogP contribution in [0.4, 0.5) is 5.82 Å². The monoisotopic (exact) mass is 300 g/mol. The van der Waals surface area contributed by atoms with E-state index in [1.165, 1.54) is 6.42 Å². The second-order valence-corrected chi connectivity index (χ2v) is 6.90. The number of fused-ring (bicyclic) bond motifs is 3. The molecule has 0 unspecified atom stereocenters. The summed E-state index contributed by atoms with van der Waals surface area (Å²) in [5, 5.41) is 6.48. The largest absolute Gasteiger partial charge is 0.373 e. The van der Waals surface area contributed by atoms with E-state index < -0.39 is 0 Å². The molecule has 3 atom stereocenters. The Kier molecular flexibility index (Phi) is 2.71. The number of rotatable bonds is 3. The van der Waals surface area contributed by atoms with Gasteiger partial charge in [-0.15, -0.1) is 0 Å². The van der Waals surface area contributed by atoms with Gasteiger partial charge in [-0.05, 0) is 38.5 Å². The predicted molar refractivity (Wildman–Crippen MR) is 80.0 cm³/mol. The lowest BCUT2D eigenvalue weighted by Gasteiger charge is -2.25. The summed E-state index contributed by atoms with van der Waals surface area (Å²) in [7, 11) is 0. The molecule has 4 heterocycles. The third kappa shape index (κ3) is 2.00. The molecule has 4 aliphatic rings. The maximum absolute atomic E-state index is 12.1. The molecule has 2 bridgehead atoms. The Hall–Kier alpha value is -1.69. The lowest BCUT2D eigenvalue weighted by atomic mass is 9.95. The number of nitrogens with one attached hydrogen (secondary N) is 2. The van der Waals surface area contributed by atoms with Crippen molar-refractivity contribution in [2.75, 3.05) is 11.9 Å². The topological polar surface area (TPSA) is 76.1 Å². The van der Waals surface area contributed by atoms with E-state index in [2.05, 4.69) is 15.6 Å². The van der Waals surface area contributed by atoms with E-state index in [0.29, 0.717) is 36.4 Å². The first kappa shape index (κ1) is 12.8. The smallest absolute Gasteiger partial charge is 0.270 e. The lowest BCUT2D eigenvalue weighted by molar-refractivity contribution is 0.0940. The summed E-state index contributed by atoms with van der Waals surface area (Å²) in [5.41, 5.74) is 1.56. The highest BCUT2D eigenvalue weighted by Gasteiger charge is 2.41. The van der Waals surface area contributed by atoms with Crippen molar-refractivity contribution in [3.63, 3.8) is 0 Å². The zero-order chi connectivity index (χ0) is 14.7. The van der Waals surface area contributed by atoms with Crippen LogP contribution in [0.15, 0.2) is 0 Å². The van der Waals surface area contributed by atoms with Gasteiger partial charge in [-0.2, -0.15) is 0 Å². The van der Waals surface area contributed by atoms with Crippen molar-refractivity contribution < 1.29 is 9.53 Å². The van der Waals surface area contributed by atoms with E-state index in [-0.39, 0.29) is 5.91 Å². The van der Waals surface area contributed by atoms with Gasteiger partial charge in [0.2, 0.25) is 0 Å². The summed E-state index contributed by atoms with van der Waals surface area (Å²) in [6, 6.07) is 0.329. The Labute approximate surface area is 129 Å². The molecule has 0 aromatic carbocycles. The second kappa shape index (κ2) is 4.65. The van der Waals surface area contributed by atoms with E-state index in [9.17, 15) is 4.79 Å². The average Bonchev–Trinajstić information content (AvgIpc) is 3.18. The minimum absolute atomic E-state index is 0.0576. The first-order valence-corrected chi connectivity index (χ1v) is 8.39. The Bertz CT molecular complexity index is 643. The molecule has 3 aliphatic heterocycles. The van der Waals surface area contributed by atoms with Gasteiger partial charge in [0.1, 0.15) is 17.3 Å². The number of carbonyl (C=O) groups excluding carboxylic acids is 1. The molecular weight excluding hydrogens is 280 g/mol. The van der Waals surface area contributed by atoms with Crippen LogP contribution in [0.25, 0.3) is 0 Å². The number of anilines is 1. The van der Waals surface area contributed by atoms with Gasteiger partial charge >= 0.3 is 0 Å². The molecule has 1 saturated carbocycles. The number of nitrogens with zero attached hydrogens (tertiary/aromatic N) is 2. The molecule has 5 rings (SSSR count). The summed E-state index contributed by atoms with van der Waals surface area (Å²) in [5.74, 6) is 2.10. The molecule has 2 N–H and O–H groups in total. The molecule has 6 nitrogen and oxygen atoms in total. The van der Waals surface area contributed by atoms with Crippen molar-refractivity contribution in [3.8, 4) is 0 Å². The van der Waals surface area contributed by atoms with Gasteiger partial charge in [0, 0.05) is 18.0 Å². The molecule has 1 amide bonds. The first-order chi connectivity index (χ1) is 10.8. The van der Waals surface area contributed by atoms with E-state index in [0.717, 1.165) is 49.3 Å². The Morgan fingerprint density at radius 1 is 1.18 bits per heavy atom. The Morgan fingerprint density at radius 3 is 2.82 bits per heavy atom. The second-order valence-electron chi connectivity index (χ2n) is 6.90. The van der Waals surface area contributed by atoms with E-state index in [4.69, 9.17) is 9.72 Å². The summed E-state index contributed by atoms with van der Waals surface area (Å²) < 4.78 is 5.93. The normalized spacial score (nSPS) is 32.7. The molecule has 116 valence electrons. The van der Waals surface area contributed by atoms with Crippen LogP contribution in [0.3, 0.4) is 0 Å². The van der Waals surface area contributed by atoms with Crippen LogP contribution < -0.4 is 10.6 Å². The number of carbonyl (C=O) groups is 1. The van der Waals surface area contributed by atoms with Gasteiger partial charge in [-0.1, -0.05) is 0 Å². The number of ether oxygens (including phenoxy) is 1. The van der Waals surface area contributed by atoms with Crippen molar-refractivity contribution in [1.29, 1.82) is 0 Å². The van der Waals surface area contributed by atoms with Crippen molar-refractivity contribution in [1.82, 2.24) is 15.3 Å². The fraction of sp³-hybridized carbons (Fsp3) is 0.688. The molecular formula is C16H20N4O2. The van der Waals surface area contributed by atoms with Gasteiger partial charge in [0.25, 0.3) is 5.91 Å². The first-order valence-electron chi connectivity index (χ1n) is 8.39. The van der Waals surface area contributed by atoms with Crippen molar-refractivity contribution in [2.45, 2.75) is 62.7 Å². The Morgan fingerprint density at radius 2 is 2.09 bits per heavy atom. The number of aromatic nitrogens is 2. The van der Waals surface area contributed by atoms with E-state index >= 15 is 0 Å². The zero-order valence-electron chi connectivity index (χ0n) is 12.5. The van der Waals surface area contributed by atoms with Crippen LogP contribution >= 0.6 is 0 Å². The van der Waals surface area contributed by atoms with Gasteiger partial charge < -0.3 is 15.4 Å². The zero-order valence-corrected chi connectivity index (χ0v) is 12.5. The maximum atomic E-state index is 12.1. The number of amides is 1. The molecule has 6 heteroatoms. The average molecular weight is 300 g/mol. The minimum atomic E-state index is -0.0576. The molecule has 0 spiro atoms. The van der Waals surface area contributed by atoms with Crippen molar-refractivity contribution in [2.24, 2.45) is 0 Å². The Balaban J connectivity index is 1.51. The van der Waals surface area contributed by atoms with Gasteiger partial charge in [-0.25, -0.2) is 9.97 Å². The van der Waals surface area contributed by atoms with Crippen molar-refractivity contribution in [3.05, 3.63) is 17.1 Å². The van der Waals surface area contributed by atoms with E-state index in [1.54, 1.807) is 0 Å². The predicted octanol–water partition coefficient (Wildman–Crippen LogP) is 1.37. The van der Waals surface area contributed by atoms with Crippen LogP contribution in [0.5, 0.6) is 0 Å². The highest BCUT2D eigenvalue weighted by molar-refractivity contribution is 5.96. The minimum Gasteiger partial charge on any atom is -0.373 e. The van der Waals surface area contributed by atoms with Crippen LogP contribution in [0.1, 0.15) is 59.9 Å². The van der Waals surface area contributed by atoms with E-state index in [1.807, 2.05) is 0 Å². The van der Waals surface area contributed by atoms with Crippen LogP contribution in [0, 0.1) is 0 Å². The van der Waals surface area contributed by atoms with Gasteiger partial charge in [0.15, 0.2) is 0 Å². The lowest BCUT2D eigenvalue weighted by Crippen LogP contribution is -2.36. The SMILES string of the molecule is O=C1NCCc2c(N[C@@H]3C[C@@H]4CC[C@H]3O4)nc(C3CC3)nc21. The molecule has 1 aliphatic carbocycles. The summed E-state index contributed by atoms with van der Waals surface area (Å²) in [6.45, 7) is 0.667. The fourth-order valence-corrected chi connectivity index (χ4v) is 3.92. The summed E-state index contributed by atoms with van der Waals surface area (Å²) in [6.07, 6.45) is 7.15. The number of hydrogen-bond donors (Lipinski definition) is 2. The number of hydrogen-bond acceptors (Lipinski definition) is 5. The van der Waals surface area contributed by atoms with Crippen LogP contribution in [0.2, 0.25) is 0 Å². The quantitative estimate of drug-likeness (QED) is 0.882. The molecule has 2 saturated heterocycles. The highest BCUT2D eigenvalue weighted by Crippen LogP contribution is 2.40. The third-order valence-electron chi connectivity index (χ3n) is 5.27. The molecule has 22 heavy (non-hydrogen) atoms. The van der Waals surface area contributed by atoms with Gasteiger partial charge in [-0.3, -0.25) is 4.79 Å². The molecule has 3 fully saturated rings. The fourth-order valence-electron chi connectivity index (χ4n) is 3.92. The van der Waals surface area contributed by atoms with Crippen LogP contribution in [-0.2, 0) is 11.2 Å². The summed E-state index contributed by atoms with van der Waals surface area (Å²) >= 11 is 0. The maximum Gasteiger partial charge on any atom is 0.270 e. The highest BCUT2D eigenvalue weighted by atomic mass is 16.5. The summed E-state index contributed by atoms with van der Waals surface area (Å²) in [4.78, 5) is 21.5.